The van der Waals surface area contributed by atoms with Crippen molar-refractivity contribution in [3.8, 4) is 22.6 Å². The van der Waals surface area contributed by atoms with Crippen LogP contribution in [0.1, 0.15) is 27.0 Å². The van der Waals surface area contributed by atoms with Crippen molar-refractivity contribution >= 4 is 6.29 Å². The Balaban J connectivity index is 2.02. The number of phenolic OH excluding ortho intramolecular Hbond substituents is 2. The largest absolute Gasteiger partial charge is 0.504 e. The van der Waals surface area contributed by atoms with Crippen LogP contribution in [0.4, 0.5) is 0 Å². The molecule has 3 aromatic rings. The van der Waals surface area contributed by atoms with E-state index in [1.165, 1.54) is 0 Å². The van der Waals surface area contributed by atoms with Gasteiger partial charge in [0, 0.05) is 11.1 Å². The molecular formula is C22H20O4. The summed E-state index contributed by atoms with van der Waals surface area (Å²) in [7, 11) is 0. The van der Waals surface area contributed by atoms with Crippen LogP contribution in [0, 0.1) is 6.92 Å². The molecule has 3 rings (SSSR count). The fraction of sp³-hybridized carbons (Fsp3) is 0.136. The normalized spacial score (nSPS) is 10.7. The number of aromatic hydroxyl groups is 2. The van der Waals surface area contributed by atoms with E-state index in [0.717, 1.165) is 11.1 Å². The Morgan fingerprint density at radius 1 is 0.885 bits per heavy atom. The number of ether oxygens (including phenoxy) is 1. The summed E-state index contributed by atoms with van der Waals surface area (Å²) in [5, 5.41) is 20.4. The zero-order chi connectivity index (χ0) is 18.5. The number of phenols is 2. The molecule has 26 heavy (non-hydrogen) atoms. The van der Waals surface area contributed by atoms with Crippen molar-refractivity contribution in [1.82, 2.24) is 0 Å². The topological polar surface area (TPSA) is 66.8 Å². The van der Waals surface area contributed by atoms with Crippen LogP contribution in [-0.4, -0.2) is 16.5 Å². The summed E-state index contributed by atoms with van der Waals surface area (Å²) in [5.41, 5.74) is 3.70. The van der Waals surface area contributed by atoms with Gasteiger partial charge >= 0.3 is 0 Å². The maximum absolute atomic E-state index is 11.6. The molecule has 0 aliphatic carbocycles. The molecule has 0 atom stereocenters. The molecule has 0 amide bonds. The van der Waals surface area contributed by atoms with E-state index in [1.807, 2.05) is 60.7 Å². The van der Waals surface area contributed by atoms with Gasteiger partial charge in [-0.15, -0.1) is 0 Å². The van der Waals surface area contributed by atoms with E-state index < -0.39 is 5.75 Å². The Bertz CT molecular complexity index is 903. The molecule has 0 unspecified atom stereocenters. The second-order valence-electron chi connectivity index (χ2n) is 6.05. The zero-order valence-corrected chi connectivity index (χ0v) is 14.5. The fourth-order valence-electron chi connectivity index (χ4n) is 3.05. The van der Waals surface area contributed by atoms with Crippen molar-refractivity contribution in [1.29, 1.82) is 0 Å². The van der Waals surface area contributed by atoms with Gasteiger partial charge in [-0.3, -0.25) is 4.79 Å². The summed E-state index contributed by atoms with van der Waals surface area (Å²) in [4.78, 5) is 11.6. The van der Waals surface area contributed by atoms with Gasteiger partial charge in [0.25, 0.3) is 0 Å². The van der Waals surface area contributed by atoms with E-state index in [9.17, 15) is 15.0 Å². The summed E-state index contributed by atoms with van der Waals surface area (Å²) in [6.45, 7) is 2.24. The Morgan fingerprint density at radius 3 is 2.12 bits per heavy atom. The highest BCUT2D eigenvalue weighted by molar-refractivity contribution is 5.90. The van der Waals surface area contributed by atoms with Gasteiger partial charge in [-0.2, -0.15) is 0 Å². The van der Waals surface area contributed by atoms with Crippen LogP contribution < -0.4 is 0 Å². The molecular weight excluding hydrogens is 328 g/mol. The van der Waals surface area contributed by atoms with E-state index in [0.29, 0.717) is 29.6 Å². The molecule has 4 heteroatoms. The Labute approximate surface area is 152 Å². The summed E-state index contributed by atoms with van der Waals surface area (Å²) in [6, 6.07) is 19.2. The van der Waals surface area contributed by atoms with Gasteiger partial charge in [-0.25, -0.2) is 0 Å². The number of aldehydes is 1. The van der Waals surface area contributed by atoms with Crippen molar-refractivity contribution < 1.29 is 19.7 Å². The maximum atomic E-state index is 11.6. The van der Waals surface area contributed by atoms with E-state index >= 15 is 0 Å². The van der Waals surface area contributed by atoms with E-state index in [4.69, 9.17) is 4.74 Å². The van der Waals surface area contributed by atoms with Crippen molar-refractivity contribution in [2.24, 2.45) is 0 Å². The molecule has 0 saturated heterocycles. The van der Waals surface area contributed by atoms with Crippen LogP contribution in [0.3, 0.4) is 0 Å². The van der Waals surface area contributed by atoms with E-state index in [1.54, 1.807) is 6.92 Å². The zero-order valence-electron chi connectivity index (χ0n) is 14.5. The third-order valence-electron chi connectivity index (χ3n) is 4.37. The van der Waals surface area contributed by atoms with Crippen molar-refractivity contribution in [3.05, 3.63) is 82.9 Å². The van der Waals surface area contributed by atoms with E-state index in [-0.39, 0.29) is 17.9 Å². The average Bonchev–Trinajstić information content (AvgIpc) is 2.68. The first kappa shape index (κ1) is 17.7. The van der Waals surface area contributed by atoms with Gasteiger partial charge in [0.15, 0.2) is 17.8 Å². The monoisotopic (exact) mass is 348 g/mol. The predicted octanol–water partition coefficient (Wildman–Crippen LogP) is 4.60. The highest BCUT2D eigenvalue weighted by Gasteiger charge is 2.22. The summed E-state index contributed by atoms with van der Waals surface area (Å²) < 4.78 is 5.81. The highest BCUT2D eigenvalue weighted by atomic mass is 16.5. The van der Waals surface area contributed by atoms with Crippen LogP contribution in [0.15, 0.2) is 60.7 Å². The quantitative estimate of drug-likeness (QED) is 0.504. The molecule has 132 valence electrons. The van der Waals surface area contributed by atoms with Crippen LogP contribution in [-0.2, 0) is 18.0 Å². The lowest BCUT2D eigenvalue weighted by Crippen LogP contribution is -2.04. The van der Waals surface area contributed by atoms with Gasteiger partial charge in [-0.1, -0.05) is 60.7 Å². The SMILES string of the molecule is Cc1c(O)c(O)c(C=O)c(COCc2ccccc2)c1-c1ccccc1. The molecule has 0 fully saturated rings. The van der Waals surface area contributed by atoms with Gasteiger partial charge in [0.05, 0.1) is 18.8 Å². The predicted molar refractivity (Wildman–Crippen MR) is 100 cm³/mol. The van der Waals surface area contributed by atoms with Crippen LogP contribution in [0.25, 0.3) is 11.1 Å². The highest BCUT2D eigenvalue weighted by Crippen LogP contribution is 2.42. The third kappa shape index (κ3) is 3.46. The van der Waals surface area contributed by atoms with Crippen molar-refractivity contribution in [3.63, 3.8) is 0 Å². The molecule has 0 spiro atoms. The first-order chi connectivity index (χ1) is 12.6. The number of benzene rings is 3. The minimum atomic E-state index is -0.407. The maximum Gasteiger partial charge on any atom is 0.168 e. The molecule has 0 aliphatic rings. The molecule has 4 nitrogen and oxygen atoms in total. The van der Waals surface area contributed by atoms with Gasteiger partial charge < -0.3 is 14.9 Å². The van der Waals surface area contributed by atoms with Crippen LogP contribution >= 0.6 is 0 Å². The molecule has 2 N–H and O–H groups in total. The lowest BCUT2D eigenvalue weighted by molar-refractivity contribution is 0.103. The molecule has 0 saturated carbocycles. The lowest BCUT2D eigenvalue weighted by Gasteiger charge is -2.18. The molecule has 0 radical (unpaired) electrons. The number of hydrogen-bond donors (Lipinski definition) is 2. The Kier molecular flexibility index (Phi) is 5.34. The Hall–Kier alpha value is -3.11. The molecule has 0 aromatic heterocycles. The summed E-state index contributed by atoms with van der Waals surface area (Å²) in [6.07, 6.45) is 0.558. The number of rotatable bonds is 6. The minimum Gasteiger partial charge on any atom is -0.504 e. The first-order valence-corrected chi connectivity index (χ1v) is 8.33. The molecule has 0 heterocycles. The van der Waals surface area contributed by atoms with Crippen LogP contribution in [0.2, 0.25) is 0 Å². The van der Waals surface area contributed by atoms with Gasteiger partial charge in [0.1, 0.15) is 0 Å². The average molecular weight is 348 g/mol. The van der Waals surface area contributed by atoms with Crippen LogP contribution in [0.5, 0.6) is 11.5 Å². The van der Waals surface area contributed by atoms with E-state index in [2.05, 4.69) is 0 Å². The summed E-state index contributed by atoms with van der Waals surface area (Å²) in [5.74, 6) is -0.687. The van der Waals surface area contributed by atoms with Gasteiger partial charge in [0.2, 0.25) is 0 Å². The second-order valence-corrected chi connectivity index (χ2v) is 6.05. The molecule has 0 bridgehead atoms. The fourth-order valence-corrected chi connectivity index (χ4v) is 3.05. The smallest absolute Gasteiger partial charge is 0.168 e. The number of carbonyl (C=O) groups excluding carboxylic acids is 1. The molecule has 0 aliphatic heterocycles. The summed E-state index contributed by atoms with van der Waals surface area (Å²) >= 11 is 0. The Morgan fingerprint density at radius 2 is 1.50 bits per heavy atom. The van der Waals surface area contributed by atoms with Crippen molar-refractivity contribution in [2.75, 3.05) is 0 Å². The number of hydrogen-bond acceptors (Lipinski definition) is 4. The van der Waals surface area contributed by atoms with Crippen molar-refractivity contribution in [2.45, 2.75) is 20.1 Å². The standard InChI is InChI=1S/C22H20O4/c1-15-20(17-10-6-3-7-11-17)19(18(12-23)22(25)21(15)24)14-26-13-16-8-4-2-5-9-16/h2-12,24-25H,13-14H2,1H3. The second kappa shape index (κ2) is 7.85. The lowest BCUT2D eigenvalue weighted by atomic mass is 9.90. The third-order valence-corrected chi connectivity index (χ3v) is 4.37. The van der Waals surface area contributed by atoms with Gasteiger partial charge in [-0.05, 0) is 23.6 Å². The molecule has 3 aromatic carbocycles. The minimum absolute atomic E-state index is 0.0556. The number of carbonyl (C=O) groups is 1. The first-order valence-electron chi connectivity index (χ1n) is 8.33.